The minimum atomic E-state index is -4.38. The molecule has 0 aliphatic carbocycles. The van der Waals surface area contributed by atoms with E-state index in [1.807, 2.05) is 12.1 Å². The van der Waals surface area contributed by atoms with Crippen molar-refractivity contribution in [2.75, 3.05) is 5.32 Å². The van der Waals surface area contributed by atoms with Crippen LogP contribution in [0.4, 0.5) is 18.3 Å². The molecule has 4 aromatic rings. The van der Waals surface area contributed by atoms with Crippen LogP contribution in [0.2, 0.25) is 0 Å². The molecule has 4 rings (SSSR count). The Kier molecular flexibility index (Phi) is 5.81. The van der Waals surface area contributed by atoms with Gasteiger partial charge in [0.2, 0.25) is 0 Å². The summed E-state index contributed by atoms with van der Waals surface area (Å²) in [7, 11) is 0. The Morgan fingerprint density at radius 2 is 1.90 bits per heavy atom. The Morgan fingerprint density at radius 3 is 2.61 bits per heavy atom. The highest BCUT2D eigenvalue weighted by Crippen LogP contribution is 2.30. The standard InChI is InChI=1S/C21H16F3N5OS/c22-21(23,24)17-3-1-2-15(8-17)9-18-10-26-20(31-18)28-19(30)16-6-4-14(5-7-16)11-29-13-25-12-27-29/h1-8,10,12-13H,9,11H2,(H,26,28,30). The zero-order valence-electron chi connectivity index (χ0n) is 16.0. The van der Waals surface area contributed by atoms with E-state index in [9.17, 15) is 18.0 Å². The van der Waals surface area contributed by atoms with Gasteiger partial charge in [-0.1, -0.05) is 30.3 Å². The van der Waals surface area contributed by atoms with E-state index in [2.05, 4.69) is 20.4 Å². The quantitative estimate of drug-likeness (QED) is 0.471. The molecular weight excluding hydrogens is 427 g/mol. The number of anilines is 1. The van der Waals surface area contributed by atoms with Crippen LogP contribution in [0, 0.1) is 0 Å². The van der Waals surface area contributed by atoms with Gasteiger partial charge in [0.25, 0.3) is 5.91 Å². The molecule has 1 amide bonds. The lowest BCUT2D eigenvalue weighted by Crippen LogP contribution is -2.11. The SMILES string of the molecule is O=C(Nc1ncc(Cc2cccc(C(F)(F)F)c2)s1)c1ccc(Cn2cncn2)cc1. The molecule has 2 heterocycles. The lowest BCUT2D eigenvalue weighted by Gasteiger charge is -2.07. The van der Waals surface area contributed by atoms with Crippen molar-refractivity contribution in [1.29, 1.82) is 0 Å². The van der Waals surface area contributed by atoms with E-state index in [0.717, 1.165) is 22.6 Å². The van der Waals surface area contributed by atoms with E-state index in [4.69, 9.17) is 0 Å². The Labute approximate surface area is 179 Å². The fraction of sp³-hybridized carbons (Fsp3) is 0.143. The van der Waals surface area contributed by atoms with Gasteiger partial charge in [-0.05, 0) is 29.3 Å². The van der Waals surface area contributed by atoms with E-state index in [0.29, 0.717) is 29.2 Å². The van der Waals surface area contributed by atoms with E-state index < -0.39 is 11.7 Å². The zero-order chi connectivity index (χ0) is 21.8. The van der Waals surface area contributed by atoms with Crippen molar-refractivity contribution >= 4 is 22.4 Å². The minimum Gasteiger partial charge on any atom is -0.298 e. The molecule has 0 bridgehead atoms. The lowest BCUT2D eigenvalue weighted by atomic mass is 10.1. The third-order valence-electron chi connectivity index (χ3n) is 4.43. The molecule has 0 saturated heterocycles. The van der Waals surface area contributed by atoms with Crippen molar-refractivity contribution in [2.45, 2.75) is 19.1 Å². The second-order valence-corrected chi connectivity index (χ2v) is 7.87. The largest absolute Gasteiger partial charge is 0.416 e. The molecule has 10 heteroatoms. The number of carbonyl (C=O) groups is 1. The topological polar surface area (TPSA) is 72.7 Å². The highest BCUT2D eigenvalue weighted by atomic mass is 32.1. The molecule has 0 spiro atoms. The summed E-state index contributed by atoms with van der Waals surface area (Å²) in [5.41, 5.74) is 1.28. The highest BCUT2D eigenvalue weighted by molar-refractivity contribution is 7.15. The predicted molar refractivity (Wildman–Crippen MR) is 110 cm³/mol. The number of hydrogen-bond donors (Lipinski definition) is 1. The second kappa shape index (κ2) is 8.68. The van der Waals surface area contributed by atoms with Gasteiger partial charge in [-0.2, -0.15) is 18.3 Å². The summed E-state index contributed by atoms with van der Waals surface area (Å²) in [4.78, 5) is 21.3. The molecule has 158 valence electrons. The minimum absolute atomic E-state index is 0.300. The molecule has 0 unspecified atom stereocenters. The number of benzene rings is 2. The van der Waals surface area contributed by atoms with Gasteiger partial charge in [0, 0.05) is 23.1 Å². The number of nitrogens with one attached hydrogen (secondary N) is 1. The number of aromatic nitrogens is 4. The molecule has 2 aromatic heterocycles. The molecule has 0 saturated carbocycles. The monoisotopic (exact) mass is 443 g/mol. The van der Waals surface area contributed by atoms with Gasteiger partial charge in [0.15, 0.2) is 5.13 Å². The molecular formula is C21H16F3N5OS. The molecule has 0 aliphatic heterocycles. The van der Waals surface area contributed by atoms with Crippen LogP contribution in [0.5, 0.6) is 0 Å². The molecule has 2 aromatic carbocycles. The van der Waals surface area contributed by atoms with Crippen LogP contribution in [0.15, 0.2) is 67.4 Å². The summed E-state index contributed by atoms with van der Waals surface area (Å²) >= 11 is 1.23. The van der Waals surface area contributed by atoms with Crippen molar-refractivity contribution in [3.05, 3.63) is 94.5 Å². The predicted octanol–water partition coefficient (Wildman–Crippen LogP) is 4.64. The van der Waals surface area contributed by atoms with Gasteiger partial charge in [-0.15, -0.1) is 11.3 Å². The summed E-state index contributed by atoms with van der Waals surface area (Å²) in [5, 5.41) is 7.15. The molecule has 0 aliphatic rings. The third kappa shape index (κ3) is 5.34. The van der Waals surface area contributed by atoms with Crippen LogP contribution in [0.3, 0.4) is 0 Å². The van der Waals surface area contributed by atoms with Crippen LogP contribution >= 0.6 is 11.3 Å². The third-order valence-corrected chi connectivity index (χ3v) is 5.35. The van der Waals surface area contributed by atoms with Crippen molar-refractivity contribution in [3.8, 4) is 0 Å². The first-order valence-electron chi connectivity index (χ1n) is 9.20. The Hall–Kier alpha value is -3.53. The number of carbonyl (C=O) groups excluding carboxylic acids is 1. The molecule has 0 radical (unpaired) electrons. The van der Waals surface area contributed by atoms with Crippen LogP contribution < -0.4 is 5.32 Å². The van der Waals surface area contributed by atoms with Crippen LogP contribution in [0.25, 0.3) is 0 Å². The maximum Gasteiger partial charge on any atom is 0.416 e. The van der Waals surface area contributed by atoms with Gasteiger partial charge in [0.05, 0.1) is 12.1 Å². The average molecular weight is 443 g/mol. The lowest BCUT2D eigenvalue weighted by molar-refractivity contribution is -0.137. The van der Waals surface area contributed by atoms with E-state index in [1.54, 1.807) is 35.4 Å². The van der Waals surface area contributed by atoms with Gasteiger partial charge >= 0.3 is 6.18 Å². The molecule has 0 fully saturated rings. The summed E-state index contributed by atoms with van der Waals surface area (Å²) in [6.07, 6.45) is 0.543. The van der Waals surface area contributed by atoms with Crippen molar-refractivity contribution in [2.24, 2.45) is 0 Å². The van der Waals surface area contributed by atoms with Crippen molar-refractivity contribution in [1.82, 2.24) is 19.7 Å². The number of halogens is 3. The normalized spacial score (nSPS) is 11.5. The number of hydrogen-bond acceptors (Lipinski definition) is 5. The van der Waals surface area contributed by atoms with Crippen molar-refractivity contribution < 1.29 is 18.0 Å². The summed E-state index contributed by atoms with van der Waals surface area (Å²) in [6.45, 7) is 0.549. The molecule has 31 heavy (non-hydrogen) atoms. The maximum atomic E-state index is 12.9. The van der Waals surface area contributed by atoms with E-state index in [-0.39, 0.29) is 5.91 Å². The fourth-order valence-corrected chi connectivity index (χ4v) is 3.78. The maximum absolute atomic E-state index is 12.9. The van der Waals surface area contributed by atoms with Crippen LogP contribution in [0.1, 0.15) is 31.9 Å². The average Bonchev–Trinajstić information content (AvgIpc) is 3.40. The molecule has 1 N–H and O–H groups in total. The Morgan fingerprint density at radius 1 is 1.10 bits per heavy atom. The van der Waals surface area contributed by atoms with Crippen LogP contribution in [-0.2, 0) is 19.1 Å². The highest BCUT2D eigenvalue weighted by Gasteiger charge is 2.30. The first kappa shape index (κ1) is 20.7. The fourth-order valence-electron chi connectivity index (χ4n) is 2.94. The number of amides is 1. The Bertz CT molecular complexity index is 1170. The first-order valence-corrected chi connectivity index (χ1v) is 10.0. The number of alkyl halides is 3. The molecule has 6 nitrogen and oxygen atoms in total. The summed E-state index contributed by atoms with van der Waals surface area (Å²) < 4.78 is 40.3. The molecule has 0 atom stereocenters. The summed E-state index contributed by atoms with van der Waals surface area (Å²) in [5.74, 6) is -0.313. The van der Waals surface area contributed by atoms with Gasteiger partial charge in [0.1, 0.15) is 12.7 Å². The van der Waals surface area contributed by atoms with Gasteiger partial charge in [-0.3, -0.25) is 10.1 Å². The van der Waals surface area contributed by atoms with Gasteiger partial charge in [-0.25, -0.2) is 14.6 Å². The zero-order valence-corrected chi connectivity index (χ0v) is 16.8. The number of rotatable bonds is 6. The van der Waals surface area contributed by atoms with Crippen LogP contribution in [-0.4, -0.2) is 25.7 Å². The van der Waals surface area contributed by atoms with Gasteiger partial charge < -0.3 is 0 Å². The van der Waals surface area contributed by atoms with Crippen molar-refractivity contribution in [3.63, 3.8) is 0 Å². The summed E-state index contributed by atoms with van der Waals surface area (Å²) in [6, 6.07) is 12.3. The number of thiazole rings is 1. The van der Waals surface area contributed by atoms with E-state index in [1.165, 1.54) is 23.7 Å². The number of nitrogens with zero attached hydrogens (tertiary/aromatic N) is 4. The first-order chi connectivity index (χ1) is 14.9. The second-order valence-electron chi connectivity index (χ2n) is 6.75. The van der Waals surface area contributed by atoms with E-state index >= 15 is 0 Å². The smallest absolute Gasteiger partial charge is 0.298 e. The Balaban J connectivity index is 1.38.